The number of nitrogens with one attached hydrogen (secondary N) is 3. The molecule has 0 bridgehead atoms. The minimum Gasteiger partial charge on any atom is -0.385 e. The summed E-state index contributed by atoms with van der Waals surface area (Å²) in [6.45, 7) is 11.6. The molecule has 0 fully saturated rings. The van der Waals surface area contributed by atoms with Gasteiger partial charge in [-0.25, -0.2) is 0 Å². The first-order chi connectivity index (χ1) is 12.8. The molecule has 3 nitrogen and oxygen atoms in total. The van der Waals surface area contributed by atoms with Crippen molar-refractivity contribution >= 4 is 11.4 Å². The van der Waals surface area contributed by atoms with Crippen LogP contribution in [0, 0.1) is 0 Å². The number of fused-ring (bicyclic) bond motifs is 1. The molecule has 0 amide bonds. The van der Waals surface area contributed by atoms with Crippen LogP contribution in [0.3, 0.4) is 0 Å². The van der Waals surface area contributed by atoms with Gasteiger partial charge < -0.3 is 10.6 Å². The molecule has 138 valence electrons. The van der Waals surface area contributed by atoms with Crippen LogP contribution >= 0.6 is 0 Å². The Bertz CT molecular complexity index is 717. The summed E-state index contributed by atoms with van der Waals surface area (Å²) in [6, 6.07) is 15.1. The Morgan fingerprint density at radius 3 is 2.62 bits per heavy atom. The second-order valence-electron chi connectivity index (χ2n) is 5.92. The van der Waals surface area contributed by atoms with Crippen LogP contribution in [0.2, 0.25) is 0 Å². The number of anilines is 2. The molecule has 1 aliphatic heterocycles. The molecule has 3 rings (SSSR count). The van der Waals surface area contributed by atoms with Crippen LogP contribution in [0.15, 0.2) is 67.3 Å². The molecule has 0 saturated heterocycles. The lowest BCUT2D eigenvalue weighted by Crippen LogP contribution is -2.33. The number of hydrogen-bond acceptors (Lipinski definition) is 3. The van der Waals surface area contributed by atoms with E-state index in [1.165, 1.54) is 22.4 Å². The van der Waals surface area contributed by atoms with Crippen molar-refractivity contribution in [3.05, 3.63) is 84.0 Å². The summed E-state index contributed by atoms with van der Waals surface area (Å²) in [5.74, 6) is 0. The Morgan fingerprint density at radius 1 is 1.15 bits per heavy atom. The minimum absolute atomic E-state index is 0.146. The molecule has 3 heteroatoms. The number of rotatable bonds is 6. The maximum atomic E-state index is 3.72. The highest BCUT2D eigenvalue weighted by Gasteiger charge is 2.19. The molecule has 3 N–H and O–H groups in total. The van der Waals surface area contributed by atoms with Crippen LogP contribution in [-0.4, -0.2) is 6.54 Å². The Kier molecular flexibility index (Phi) is 7.97. The normalized spacial score (nSPS) is 15.4. The standard InChI is InChI=1S/C21H25N3.C2H6/c1-3-5-6-8-16-9-7-10-20-19(16)15-23-21(24-20)17-11-13-18(14-12-17)22-4-2;1-2/h3,5-7,9-14,21-24H,1,4,8,15H2,2H3;1-2H3/b6-5-;. The minimum atomic E-state index is 0.146. The second-order valence-corrected chi connectivity index (χ2v) is 5.92. The van der Waals surface area contributed by atoms with Gasteiger partial charge in [-0.3, -0.25) is 5.32 Å². The molecule has 0 aromatic heterocycles. The average molecular weight is 350 g/mol. The van der Waals surface area contributed by atoms with Crippen molar-refractivity contribution in [3.63, 3.8) is 0 Å². The van der Waals surface area contributed by atoms with E-state index in [-0.39, 0.29) is 6.17 Å². The van der Waals surface area contributed by atoms with Gasteiger partial charge >= 0.3 is 0 Å². The zero-order valence-corrected chi connectivity index (χ0v) is 16.2. The Labute approximate surface area is 158 Å². The first-order valence-corrected chi connectivity index (χ1v) is 9.54. The highest BCUT2D eigenvalue weighted by atomic mass is 15.1. The molecular formula is C23H31N3. The predicted molar refractivity (Wildman–Crippen MR) is 115 cm³/mol. The highest BCUT2D eigenvalue weighted by molar-refractivity contribution is 5.58. The molecule has 1 aliphatic rings. The molecule has 0 saturated carbocycles. The van der Waals surface area contributed by atoms with Crippen molar-refractivity contribution in [2.24, 2.45) is 0 Å². The third kappa shape index (κ3) is 4.99. The van der Waals surface area contributed by atoms with Crippen LogP contribution in [0.4, 0.5) is 11.4 Å². The monoisotopic (exact) mass is 349 g/mol. The summed E-state index contributed by atoms with van der Waals surface area (Å²) >= 11 is 0. The fourth-order valence-electron chi connectivity index (χ4n) is 3.07. The van der Waals surface area contributed by atoms with Gasteiger partial charge in [0.15, 0.2) is 0 Å². The van der Waals surface area contributed by atoms with Crippen molar-refractivity contribution in [3.8, 4) is 0 Å². The van der Waals surface area contributed by atoms with Crippen molar-refractivity contribution in [2.45, 2.75) is 39.9 Å². The zero-order valence-electron chi connectivity index (χ0n) is 16.2. The zero-order chi connectivity index (χ0) is 18.8. The van der Waals surface area contributed by atoms with Crippen molar-refractivity contribution in [2.75, 3.05) is 17.2 Å². The van der Waals surface area contributed by atoms with E-state index < -0.39 is 0 Å². The van der Waals surface area contributed by atoms with Crippen LogP contribution < -0.4 is 16.0 Å². The van der Waals surface area contributed by atoms with Gasteiger partial charge in [0, 0.05) is 24.5 Å². The van der Waals surface area contributed by atoms with Gasteiger partial charge in [-0.1, -0.05) is 62.9 Å². The average Bonchev–Trinajstić information content (AvgIpc) is 2.70. The lowest BCUT2D eigenvalue weighted by atomic mass is 9.99. The van der Waals surface area contributed by atoms with Gasteiger partial charge in [0.25, 0.3) is 0 Å². The topological polar surface area (TPSA) is 36.1 Å². The number of benzene rings is 2. The fraction of sp³-hybridized carbons (Fsp3) is 0.304. The van der Waals surface area contributed by atoms with Gasteiger partial charge in [-0.15, -0.1) is 0 Å². The third-order valence-electron chi connectivity index (χ3n) is 4.29. The van der Waals surface area contributed by atoms with Gasteiger partial charge in [0.2, 0.25) is 0 Å². The summed E-state index contributed by atoms with van der Waals surface area (Å²) in [6.07, 6.45) is 7.04. The summed E-state index contributed by atoms with van der Waals surface area (Å²) in [5.41, 5.74) is 6.34. The van der Waals surface area contributed by atoms with Gasteiger partial charge in [-0.2, -0.15) is 0 Å². The fourth-order valence-corrected chi connectivity index (χ4v) is 3.07. The van der Waals surface area contributed by atoms with E-state index in [4.69, 9.17) is 0 Å². The molecule has 2 aromatic rings. The molecule has 2 aromatic carbocycles. The van der Waals surface area contributed by atoms with Crippen LogP contribution in [-0.2, 0) is 13.0 Å². The molecular weight excluding hydrogens is 318 g/mol. The predicted octanol–water partition coefficient (Wildman–Crippen LogP) is 5.64. The van der Waals surface area contributed by atoms with E-state index in [1.807, 2.05) is 26.0 Å². The molecule has 0 radical (unpaired) electrons. The summed E-state index contributed by atoms with van der Waals surface area (Å²) < 4.78 is 0. The number of hydrogen-bond donors (Lipinski definition) is 3. The van der Waals surface area contributed by atoms with E-state index in [9.17, 15) is 0 Å². The van der Waals surface area contributed by atoms with Crippen molar-refractivity contribution < 1.29 is 0 Å². The van der Waals surface area contributed by atoms with Crippen LogP contribution in [0.5, 0.6) is 0 Å². The summed E-state index contributed by atoms with van der Waals surface area (Å²) in [7, 11) is 0. The first kappa shape index (κ1) is 19.8. The smallest absolute Gasteiger partial charge is 0.103 e. The first-order valence-electron chi connectivity index (χ1n) is 9.54. The lowest BCUT2D eigenvalue weighted by molar-refractivity contribution is 0.563. The van der Waals surface area contributed by atoms with E-state index in [0.29, 0.717) is 0 Å². The molecule has 1 atom stereocenters. The van der Waals surface area contributed by atoms with E-state index in [1.54, 1.807) is 0 Å². The molecule has 1 heterocycles. The van der Waals surface area contributed by atoms with E-state index >= 15 is 0 Å². The Morgan fingerprint density at radius 2 is 1.92 bits per heavy atom. The van der Waals surface area contributed by atoms with Crippen LogP contribution in [0.1, 0.15) is 43.6 Å². The largest absolute Gasteiger partial charge is 0.385 e. The van der Waals surface area contributed by atoms with E-state index in [0.717, 1.165) is 25.2 Å². The van der Waals surface area contributed by atoms with E-state index in [2.05, 4.69) is 78.0 Å². The third-order valence-corrected chi connectivity index (χ3v) is 4.29. The van der Waals surface area contributed by atoms with Gasteiger partial charge in [0.1, 0.15) is 6.17 Å². The van der Waals surface area contributed by atoms with Crippen molar-refractivity contribution in [1.82, 2.24) is 5.32 Å². The Hall–Kier alpha value is -2.52. The SMILES string of the molecule is C=C/C=C\Cc1cccc2c1CNC(c1ccc(NCC)cc1)N2.CC. The lowest BCUT2D eigenvalue weighted by Gasteiger charge is -2.30. The summed E-state index contributed by atoms with van der Waals surface area (Å²) in [5, 5.41) is 10.5. The maximum absolute atomic E-state index is 3.72. The molecule has 1 unspecified atom stereocenters. The van der Waals surface area contributed by atoms with Crippen molar-refractivity contribution in [1.29, 1.82) is 0 Å². The maximum Gasteiger partial charge on any atom is 0.103 e. The molecule has 26 heavy (non-hydrogen) atoms. The number of allylic oxidation sites excluding steroid dienone is 3. The Balaban J connectivity index is 0.00000117. The quantitative estimate of drug-likeness (QED) is 0.590. The molecule has 0 aliphatic carbocycles. The summed E-state index contributed by atoms with van der Waals surface area (Å²) in [4.78, 5) is 0. The van der Waals surface area contributed by atoms with Crippen LogP contribution in [0.25, 0.3) is 0 Å². The van der Waals surface area contributed by atoms with Gasteiger partial charge in [-0.05, 0) is 48.2 Å². The van der Waals surface area contributed by atoms with Gasteiger partial charge in [0.05, 0.1) is 0 Å². The second kappa shape index (κ2) is 10.5. The highest BCUT2D eigenvalue weighted by Crippen LogP contribution is 2.29. The molecule has 0 spiro atoms.